The second-order valence-electron chi connectivity index (χ2n) is 24.8. The van der Waals surface area contributed by atoms with Gasteiger partial charge in [0.15, 0.2) is 0 Å². The summed E-state index contributed by atoms with van der Waals surface area (Å²) in [5.74, 6) is 0. The number of aryl methyl sites for hydroxylation is 1. The van der Waals surface area contributed by atoms with Crippen molar-refractivity contribution in [3.05, 3.63) is 155 Å². The molecule has 4 aliphatic rings. The number of nitrogens with zero attached hydrogens (tertiary/aromatic N) is 3. The largest absolute Gasteiger partial charge is 0.311 e. The highest BCUT2D eigenvalue weighted by Crippen LogP contribution is 2.57. The van der Waals surface area contributed by atoms with Crippen LogP contribution in [0.4, 0.5) is 34.1 Å². The first-order chi connectivity index (χ1) is 31.8. The molecule has 0 saturated heterocycles. The van der Waals surface area contributed by atoms with Crippen molar-refractivity contribution < 1.29 is 0 Å². The molecule has 9 aromatic rings. The van der Waals surface area contributed by atoms with Gasteiger partial charge in [0.05, 0.1) is 27.9 Å². The Morgan fingerprint density at radius 3 is 1.55 bits per heavy atom. The Morgan fingerprint density at radius 1 is 0.478 bits per heavy atom. The van der Waals surface area contributed by atoms with Gasteiger partial charge in [0.2, 0.25) is 0 Å². The zero-order chi connectivity index (χ0) is 46.5. The van der Waals surface area contributed by atoms with E-state index >= 15 is 0 Å². The molecule has 0 radical (unpaired) electrons. The van der Waals surface area contributed by atoms with Gasteiger partial charge < -0.3 is 14.2 Å². The van der Waals surface area contributed by atoms with Crippen molar-refractivity contribution in [1.29, 1.82) is 0 Å². The first-order valence-corrected chi connectivity index (χ1v) is 25.1. The van der Waals surface area contributed by atoms with Crippen molar-refractivity contribution in [3.8, 4) is 0 Å². The average molecular weight is 874 g/mol. The SMILES string of the molecule is Cc1ccc2c(c1)B1c3cc4c(cc3N(c3ccc5c(c3)C(C)(C)CCC5(C)C)c3c1c(c1c5ccccc5n5c6ccccc6c3c15)N2c1ccc(C(C)(C)C)cc1)C(C)(C)CCC4(C)C. The number of benzene rings is 7. The lowest BCUT2D eigenvalue weighted by Crippen LogP contribution is -2.62. The molecule has 2 aliphatic carbocycles. The number of hydrogen-bond donors (Lipinski definition) is 0. The molecule has 0 amide bonds. The maximum Gasteiger partial charge on any atom is 0.252 e. The topological polar surface area (TPSA) is 10.9 Å². The highest BCUT2D eigenvalue weighted by Gasteiger charge is 2.49. The van der Waals surface area contributed by atoms with Gasteiger partial charge >= 0.3 is 0 Å². The molecule has 13 rings (SSSR count). The molecule has 0 bridgehead atoms. The van der Waals surface area contributed by atoms with E-state index in [2.05, 4.69) is 219 Å². The maximum absolute atomic E-state index is 2.78. The zero-order valence-electron chi connectivity index (χ0n) is 41.8. The van der Waals surface area contributed by atoms with Crippen LogP contribution in [0, 0.1) is 6.92 Å². The fourth-order valence-corrected chi connectivity index (χ4v) is 13.6. The molecule has 2 aromatic heterocycles. The third kappa shape index (κ3) is 5.48. The summed E-state index contributed by atoms with van der Waals surface area (Å²) < 4.78 is 2.61. The molecule has 334 valence electrons. The second-order valence-corrected chi connectivity index (χ2v) is 24.8. The van der Waals surface area contributed by atoms with Crippen LogP contribution in [-0.2, 0) is 27.1 Å². The number of rotatable bonds is 2. The van der Waals surface area contributed by atoms with Crippen molar-refractivity contribution in [2.75, 3.05) is 9.80 Å². The Hall–Kier alpha value is -6.00. The number of aromatic nitrogens is 1. The Labute approximate surface area is 398 Å². The summed E-state index contributed by atoms with van der Waals surface area (Å²) in [7, 11) is 0. The van der Waals surface area contributed by atoms with E-state index in [9.17, 15) is 0 Å². The molecule has 0 fully saturated rings. The Kier molecular flexibility index (Phi) is 8.09. The van der Waals surface area contributed by atoms with E-state index in [1.165, 1.54) is 148 Å². The van der Waals surface area contributed by atoms with Crippen molar-refractivity contribution in [3.63, 3.8) is 0 Å². The lowest BCUT2D eigenvalue weighted by Gasteiger charge is -2.48. The number of para-hydroxylation sites is 2. The third-order valence-corrected chi connectivity index (χ3v) is 17.6. The molecule has 4 heterocycles. The van der Waals surface area contributed by atoms with E-state index in [1.54, 1.807) is 0 Å². The van der Waals surface area contributed by atoms with E-state index in [1.807, 2.05) is 0 Å². The smallest absolute Gasteiger partial charge is 0.252 e. The second kappa shape index (κ2) is 13.2. The Bertz CT molecular complexity index is 3590. The molecule has 2 aliphatic heterocycles. The van der Waals surface area contributed by atoms with Crippen molar-refractivity contribution in [2.24, 2.45) is 0 Å². The fraction of sp³-hybridized carbons (Fsp3) is 0.333. The molecule has 0 saturated carbocycles. The number of anilines is 6. The van der Waals surface area contributed by atoms with E-state index in [0.717, 1.165) is 0 Å². The van der Waals surface area contributed by atoms with Gasteiger partial charge in [-0.3, -0.25) is 0 Å². The highest BCUT2D eigenvalue weighted by atomic mass is 15.2. The average Bonchev–Trinajstić information content (AvgIpc) is 3.81. The molecule has 3 nitrogen and oxygen atoms in total. The minimum Gasteiger partial charge on any atom is -0.311 e. The first kappa shape index (κ1) is 41.2. The Balaban J connectivity index is 1.27. The van der Waals surface area contributed by atoms with Crippen molar-refractivity contribution in [2.45, 2.75) is 136 Å². The van der Waals surface area contributed by atoms with Crippen molar-refractivity contribution >= 4 is 95.3 Å². The van der Waals surface area contributed by atoms with Crippen LogP contribution < -0.4 is 26.2 Å². The quantitative estimate of drug-likeness (QED) is 0.160. The third-order valence-electron chi connectivity index (χ3n) is 17.6. The predicted molar refractivity (Wildman–Crippen MR) is 289 cm³/mol. The van der Waals surface area contributed by atoms with Gasteiger partial charge in [-0.2, -0.15) is 0 Å². The lowest BCUT2D eigenvalue weighted by atomic mass is 9.32. The minimum atomic E-state index is 0.00548. The summed E-state index contributed by atoms with van der Waals surface area (Å²) in [5, 5.41) is 5.31. The van der Waals surface area contributed by atoms with Gasteiger partial charge in [-0.1, -0.05) is 155 Å². The maximum atomic E-state index is 2.78. The van der Waals surface area contributed by atoms with Crippen LogP contribution in [0.15, 0.2) is 121 Å². The number of hydrogen-bond acceptors (Lipinski definition) is 2. The van der Waals surface area contributed by atoms with Crippen LogP contribution in [0.1, 0.15) is 135 Å². The van der Waals surface area contributed by atoms with E-state index in [4.69, 9.17) is 0 Å². The van der Waals surface area contributed by atoms with E-state index < -0.39 is 0 Å². The van der Waals surface area contributed by atoms with Gasteiger partial charge in [-0.05, 0) is 152 Å². The van der Waals surface area contributed by atoms with Crippen LogP contribution in [0.2, 0.25) is 0 Å². The monoisotopic (exact) mass is 874 g/mol. The van der Waals surface area contributed by atoms with E-state index in [-0.39, 0.29) is 33.8 Å². The molecule has 0 atom stereocenters. The molecular formula is C63H64BN3. The lowest BCUT2D eigenvalue weighted by molar-refractivity contribution is 0.332. The van der Waals surface area contributed by atoms with Crippen LogP contribution >= 0.6 is 0 Å². The highest BCUT2D eigenvalue weighted by molar-refractivity contribution is 7.01. The standard InChI is InChI=1S/C63H64BN3/c1-37-21-28-51-47(33-37)64-48-35-45-46(63(11,12)32-31-62(45,9)10)36-52(48)66(40-26-27-43-44(34-40)61(7,8)30-29-60(43,5)6)58-54-42-18-14-16-20-50(42)67-49-19-15-13-17-41(49)53(56(54)67)57(55(58)64)65(51)39-24-22-38(23-25-39)59(2,3)4/h13-28,33-36H,29-32H2,1-12H3. The molecule has 4 heteroatoms. The fourth-order valence-electron chi connectivity index (χ4n) is 13.6. The predicted octanol–water partition coefficient (Wildman–Crippen LogP) is 15.2. The summed E-state index contributed by atoms with van der Waals surface area (Å²) in [4.78, 5) is 5.45. The van der Waals surface area contributed by atoms with E-state index in [0.29, 0.717) is 0 Å². The summed E-state index contributed by atoms with van der Waals surface area (Å²) >= 11 is 0. The minimum absolute atomic E-state index is 0.00548. The zero-order valence-corrected chi connectivity index (χ0v) is 41.8. The first-order valence-electron chi connectivity index (χ1n) is 25.1. The van der Waals surface area contributed by atoms with Gasteiger partial charge in [0, 0.05) is 44.3 Å². The molecule has 7 aromatic carbocycles. The van der Waals surface area contributed by atoms with Crippen LogP contribution in [0.25, 0.3) is 38.1 Å². The van der Waals surface area contributed by atoms with Gasteiger partial charge in [-0.25, -0.2) is 0 Å². The summed E-state index contributed by atoms with van der Waals surface area (Å²) in [6.45, 7) is 29.1. The molecule has 67 heavy (non-hydrogen) atoms. The van der Waals surface area contributed by atoms with Crippen LogP contribution in [0.3, 0.4) is 0 Å². The molecular weight excluding hydrogens is 810 g/mol. The number of fused-ring (bicyclic) bond motifs is 14. The van der Waals surface area contributed by atoms with Gasteiger partial charge in [-0.15, -0.1) is 0 Å². The molecule has 0 unspecified atom stereocenters. The summed E-state index contributed by atoms with van der Waals surface area (Å²) in [6.07, 6.45) is 4.71. The van der Waals surface area contributed by atoms with Crippen molar-refractivity contribution in [1.82, 2.24) is 4.40 Å². The van der Waals surface area contributed by atoms with Crippen LogP contribution in [-0.4, -0.2) is 11.1 Å². The van der Waals surface area contributed by atoms with Crippen LogP contribution in [0.5, 0.6) is 0 Å². The normalized spacial score (nSPS) is 18.6. The van der Waals surface area contributed by atoms with Gasteiger partial charge in [0.25, 0.3) is 6.71 Å². The molecule has 0 N–H and O–H groups in total. The summed E-state index contributed by atoms with van der Waals surface area (Å²) in [5.41, 5.74) is 24.7. The Morgan fingerprint density at radius 2 is 0.970 bits per heavy atom. The summed E-state index contributed by atoms with van der Waals surface area (Å²) in [6, 6.07) is 48.3. The van der Waals surface area contributed by atoms with Gasteiger partial charge in [0.1, 0.15) is 0 Å². The molecule has 0 spiro atoms.